The summed E-state index contributed by atoms with van der Waals surface area (Å²) in [5.74, 6) is -7.16. The molecule has 0 saturated heterocycles. The molecule has 33 heavy (non-hydrogen) atoms. The van der Waals surface area contributed by atoms with E-state index in [-0.39, 0.29) is 29.7 Å². The zero-order valence-corrected chi connectivity index (χ0v) is 17.8. The third-order valence-corrected chi connectivity index (χ3v) is 6.81. The molecule has 11 heteroatoms. The number of nitrogens with zero attached hydrogens (tertiary/aromatic N) is 1. The number of Topliss-reactive ketones (excluding diaryl/α,β-unsaturated/α-hetero) is 2. The molecule has 4 unspecified atom stereocenters. The van der Waals surface area contributed by atoms with Gasteiger partial charge < -0.3 is 31.5 Å². The molecule has 0 aromatic heterocycles. The largest absolute Gasteiger partial charge is 0.508 e. The molecule has 1 saturated carbocycles. The summed E-state index contributed by atoms with van der Waals surface area (Å²) in [4.78, 5) is 50.8. The Labute approximate surface area is 187 Å². The molecular formula is C22H23N3O8. The molecule has 3 aliphatic rings. The van der Waals surface area contributed by atoms with Crippen molar-refractivity contribution < 1.29 is 39.6 Å². The number of anilines is 1. The smallest absolute Gasteiger partial charge is 0.255 e. The summed E-state index contributed by atoms with van der Waals surface area (Å²) in [5, 5.41) is 46.1. The van der Waals surface area contributed by atoms with E-state index in [0.717, 1.165) is 0 Å². The van der Waals surface area contributed by atoms with Crippen LogP contribution >= 0.6 is 0 Å². The van der Waals surface area contributed by atoms with Crippen molar-refractivity contribution in [3.05, 3.63) is 40.2 Å². The maximum atomic E-state index is 13.6. The number of rotatable bonds is 4. The number of phenols is 1. The minimum Gasteiger partial charge on any atom is -0.508 e. The summed E-state index contributed by atoms with van der Waals surface area (Å²) < 4.78 is 0. The highest BCUT2D eigenvalue weighted by Crippen LogP contribution is 2.53. The van der Waals surface area contributed by atoms with Crippen molar-refractivity contribution in [2.75, 3.05) is 19.4 Å². The van der Waals surface area contributed by atoms with Gasteiger partial charge in [-0.1, -0.05) is 6.07 Å². The van der Waals surface area contributed by atoms with Gasteiger partial charge in [0.1, 0.15) is 22.8 Å². The zero-order chi connectivity index (χ0) is 24.4. The molecule has 174 valence electrons. The van der Waals surface area contributed by atoms with Gasteiger partial charge in [0.2, 0.25) is 12.2 Å². The summed E-state index contributed by atoms with van der Waals surface area (Å²) in [7, 11) is 3.07. The van der Waals surface area contributed by atoms with Crippen molar-refractivity contribution >= 4 is 35.3 Å². The maximum absolute atomic E-state index is 13.6. The highest BCUT2D eigenvalue weighted by Gasteiger charge is 2.64. The van der Waals surface area contributed by atoms with Crippen molar-refractivity contribution in [3.63, 3.8) is 0 Å². The van der Waals surface area contributed by atoms with E-state index in [0.29, 0.717) is 12.0 Å². The summed E-state index contributed by atoms with van der Waals surface area (Å²) in [5.41, 5.74) is 1.89. The van der Waals surface area contributed by atoms with Crippen molar-refractivity contribution in [2.24, 2.45) is 17.6 Å². The Morgan fingerprint density at radius 1 is 1.24 bits per heavy atom. The van der Waals surface area contributed by atoms with Crippen LogP contribution in [-0.4, -0.2) is 74.9 Å². The van der Waals surface area contributed by atoms with Gasteiger partial charge in [-0.15, -0.1) is 0 Å². The first-order valence-corrected chi connectivity index (χ1v) is 10.2. The number of aliphatic hydroxyl groups excluding tert-OH is 2. The summed E-state index contributed by atoms with van der Waals surface area (Å²) in [6.07, 6.45) is 0.537. The molecule has 1 aromatic rings. The minimum absolute atomic E-state index is 0.00360. The van der Waals surface area contributed by atoms with Crippen molar-refractivity contribution in [1.82, 2.24) is 4.90 Å². The fraction of sp³-hybridized carbons (Fsp3) is 0.364. The average Bonchev–Trinajstić information content (AvgIpc) is 2.72. The van der Waals surface area contributed by atoms with Gasteiger partial charge in [0, 0.05) is 11.5 Å². The second kappa shape index (κ2) is 7.42. The van der Waals surface area contributed by atoms with Crippen LogP contribution in [0.5, 0.6) is 5.75 Å². The number of fused-ring (bicyclic) bond motifs is 3. The van der Waals surface area contributed by atoms with Crippen molar-refractivity contribution in [1.29, 1.82) is 0 Å². The lowest BCUT2D eigenvalue weighted by Crippen LogP contribution is -2.65. The predicted molar refractivity (Wildman–Crippen MR) is 114 cm³/mol. The lowest BCUT2D eigenvalue weighted by atomic mass is 9.57. The standard InChI is InChI=1S/C22H23N3O8/c1-25(2)15-10-6-9-5-8-3-4-11(24-7-26)16(27)12(8)17(28)13(9)19(30)22(10,33)20(31)14(18(15)29)21(23)32/h3-4,7,9-10,15,27-28,31,33H,5-6H2,1-2H3,(H2,23,32)(H,24,26). The molecule has 0 heterocycles. The zero-order valence-electron chi connectivity index (χ0n) is 17.8. The molecule has 1 fully saturated rings. The first kappa shape index (κ1) is 22.5. The molecule has 7 N–H and O–H groups in total. The average molecular weight is 457 g/mol. The number of hydrogen-bond acceptors (Lipinski definition) is 9. The topological polar surface area (TPSA) is 190 Å². The van der Waals surface area contributed by atoms with Crippen LogP contribution in [0.2, 0.25) is 0 Å². The molecular weight excluding hydrogens is 434 g/mol. The highest BCUT2D eigenvalue weighted by atomic mass is 16.3. The number of carbonyl (C=O) groups excluding carboxylic acids is 4. The molecule has 0 spiro atoms. The van der Waals surface area contributed by atoms with Gasteiger partial charge in [0.15, 0.2) is 11.4 Å². The van der Waals surface area contributed by atoms with Crippen LogP contribution in [0.25, 0.3) is 5.76 Å². The fourth-order valence-electron chi connectivity index (χ4n) is 5.40. The van der Waals surface area contributed by atoms with Crippen LogP contribution in [-0.2, 0) is 25.6 Å². The molecule has 0 aliphatic heterocycles. The number of hydrogen-bond donors (Lipinski definition) is 6. The van der Waals surface area contributed by atoms with Gasteiger partial charge in [-0.05, 0) is 44.5 Å². The van der Waals surface area contributed by atoms with Gasteiger partial charge in [0.25, 0.3) is 5.91 Å². The van der Waals surface area contributed by atoms with E-state index in [1.807, 2.05) is 0 Å². The Kier molecular flexibility index (Phi) is 5.06. The third kappa shape index (κ3) is 2.89. The Morgan fingerprint density at radius 3 is 2.48 bits per heavy atom. The van der Waals surface area contributed by atoms with E-state index in [1.165, 1.54) is 25.1 Å². The third-order valence-electron chi connectivity index (χ3n) is 6.81. The quantitative estimate of drug-likeness (QED) is 0.197. The van der Waals surface area contributed by atoms with E-state index in [4.69, 9.17) is 5.73 Å². The molecule has 4 rings (SSSR count). The number of nitrogens with one attached hydrogen (secondary N) is 1. The Balaban J connectivity index is 1.96. The second-order valence-corrected chi connectivity index (χ2v) is 8.72. The summed E-state index contributed by atoms with van der Waals surface area (Å²) in [6, 6.07) is 1.90. The number of carbonyl (C=O) groups is 4. The number of amides is 2. The van der Waals surface area contributed by atoms with Gasteiger partial charge in [-0.2, -0.15) is 0 Å². The molecule has 2 amide bonds. The lowest BCUT2D eigenvalue weighted by molar-refractivity contribution is -0.153. The van der Waals surface area contributed by atoms with Crippen molar-refractivity contribution in [3.8, 4) is 5.75 Å². The van der Waals surface area contributed by atoms with Gasteiger partial charge in [0.05, 0.1) is 17.3 Å². The van der Waals surface area contributed by atoms with E-state index >= 15 is 0 Å². The van der Waals surface area contributed by atoms with Gasteiger partial charge >= 0.3 is 0 Å². The number of benzene rings is 1. The molecule has 0 radical (unpaired) electrons. The Morgan fingerprint density at radius 2 is 1.91 bits per heavy atom. The first-order valence-electron chi connectivity index (χ1n) is 10.2. The van der Waals surface area contributed by atoms with E-state index in [2.05, 4.69) is 5.32 Å². The summed E-state index contributed by atoms with van der Waals surface area (Å²) in [6.45, 7) is 0. The van der Waals surface area contributed by atoms with Gasteiger partial charge in [-0.3, -0.25) is 24.1 Å². The van der Waals surface area contributed by atoms with Crippen molar-refractivity contribution in [2.45, 2.75) is 24.5 Å². The summed E-state index contributed by atoms with van der Waals surface area (Å²) >= 11 is 0. The van der Waals surface area contributed by atoms with Crippen LogP contribution in [0.15, 0.2) is 29.0 Å². The predicted octanol–water partition coefficient (Wildman–Crippen LogP) is -0.468. The number of ketones is 2. The van der Waals surface area contributed by atoms with Crippen LogP contribution in [0, 0.1) is 11.8 Å². The van der Waals surface area contributed by atoms with Crippen LogP contribution < -0.4 is 11.1 Å². The van der Waals surface area contributed by atoms with Crippen LogP contribution in [0.3, 0.4) is 0 Å². The molecule has 3 aliphatic carbocycles. The van der Waals surface area contributed by atoms with Crippen LogP contribution in [0.1, 0.15) is 17.5 Å². The lowest BCUT2D eigenvalue weighted by Gasteiger charge is -2.50. The molecule has 4 atom stereocenters. The van der Waals surface area contributed by atoms with E-state index in [1.54, 1.807) is 6.07 Å². The normalized spacial score (nSPS) is 28.9. The van der Waals surface area contributed by atoms with Gasteiger partial charge in [-0.25, -0.2) is 0 Å². The monoisotopic (exact) mass is 457 g/mol. The molecule has 11 nitrogen and oxygen atoms in total. The maximum Gasteiger partial charge on any atom is 0.255 e. The number of nitrogens with two attached hydrogens (primary N) is 1. The second-order valence-electron chi connectivity index (χ2n) is 8.72. The SMILES string of the molecule is CN(C)C1C(=O)C(C(N)=O)=C(O)C2(O)C(=O)C3=C(O)c4c(ccc(NC=O)c4O)CC3CC12. The molecule has 1 aromatic carbocycles. The number of aromatic hydroxyl groups is 1. The van der Waals surface area contributed by atoms with Crippen LogP contribution in [0.4, 0.5) is 5.69 Å². The number of likely N-dealkylation sites (N-methyl/N-ethyl adjacent to an activating group) is 1. The minimum atomic E-state index is -2.68. The van der Waals surface area contributed by atoms with E-state index in [9.17, 15) is 39.6 Å². The Bertz CT molecular complexity index is 1180. The number of primary amides is 1. The van der Waals surface area contributed by atoms with E-state index < -0.39 is 63.8 Å². The highest BCUT2D eigenvalue weighted by molar-refractivity contribution is 6.24. The Hall–Kier alpha value is -3.70. The number of phenolic OH excluding ortho intramolecular Hbond substituents is 1. The fourth-order valence-corrected chi connectivity index (χ4v) is 5.40. The number of aliphatic hydroxyl groups is 3. The molecule has 0 bridgehead atoms. The first-order chi connectivity index (χ1) is 15.5.